The summed E-state index contributed by atoms with van der Waals surface area (Å²) in [6.45, 7) is 0. The van der Waals surface area contributed by atoms with E-state index in [9.17, 15) is 18.3 Å². The summed E-state index contributed by atoms with van der Waals surface area (Å²) in [5, 5.41) is 11.2. The predicted octanol–water partition coefficient (Wildman–Crippen LogP) is 3.32. The summed E-state index contributed by atoms with van der Waals surface area (Å²) >= 11 is 0. The smallest absolute Gasteiger partial charge is 0.261 e. The molecule has 0 amide bonds. The van der Waals surface area contributed by atoms with Gasteiger partial charge in [0, 0.05) is 5.56 Å². The Labute approximate surface area is 171 Å². The molecule has 152 valence electrons. The molecule has 0 aliphatic heterocycles. The molecule has 4 saturated carbocycles. The van der Waals surface area contributed by atoms with Crippen LogP contribution in [0.5, 0.6) is 0 Å². The molecule has 0 heterocycles. The van der Waals surface area contributed by atoms with E-state index in [0.717, 1.165) is 17.8 Å². The molecule has 29 heavy (non-hydrogen) atoms. The highest BCUT2D eigenvalue weighted by atomic mass is 32.2. The molecule has 2 aromatic rings. The van der Waals surface area contributed by atoms with Crippen LogP contribution in [-0.2, 0) is 15.4 Å². The zero-order valence-corrected chi connectivity index (χ0v) is 17.0. The van der Waals surface area contributed by atoms with E-state index in [-0.39, 0.29) is 21.6 Å². The number of carboxylic acids is 1. The zero-order chi connectivity index (χ0) is 20.2. The largest absolute Gasteiger partial charge is 0.545 e. The number of nitrogens with one attached hydrogen (secondary N) is 1. The lowest BCUT2D eigenvalue weighted by atomic mass is 9.48. The van der Waals surface area contributed by atoms with Gasteiger partial charge in [-0.15, -0.1) is 0 Å². The maximum Gasteiger partial charge on any atom is 0.261 e. The number of carbonyl (C=O) groups is 1. The normalized spacial score (nSPS) is 30.3. The Morgan fingerprint density at radius 2 is 1.45 bits per heavy atom. The number of para-hydroxylation sites is 1. The van der Waals surface area contributed by atoms with Crippen LogP contribution in [0.2, 0.25) is 0 Å². The second kappa shape index (κ2) is 6.59. The first-order valence-corrected chi connectivity index (χ1v) is 11.8. The summed E-state index contributed by atoms with van der Waals surface area (Å²) in [6, 6.07) is 13.1. The Hall–Kier alpha value is -2.34. The number of anilines is 1. The molecular formula is C23H24NO4S-. The van der Waals surface area contributed by atoms with E-state index < -0.39 is 16.0 Å². The fourth-order valence-corrected chi connectivity index (χ4v) is 7.49. The third-order valence-electron chi connectivity index (χ3n) is 7.21. The van der Waals surface area contributed by atoms with Crippen molar-refractivity contribution in [3.63, 3.8) is 0 Å². The Bertz CT molecular complexity index is 1020. The minimum atomic E-state index is -3.88. The first kappa shape index (κ1) is 18.7. The van der Waals surface area contributed by atoms with Crippen LogP contribution in [0.25, 0.3) is 0 Å². The van der Waals surface area contributed by atoms with Gasteiger partial charge in [0.15, 0.2) is 0 Å². The van der Waals surface area contributed by atoms with Crippen LogP contribution in [0.15, 0.2) is 53.4 Å². The number of hydrogen-bond acceptors (Lipinski definition) is 4. The van der Waals surface area contributed by atoms with Gasteiger partial charge in [0.1, 0.15) is 0 Å². The molecule has 4 bridgehead atoms. The van der Waals surface area contributed by atoms with Crippen molar-refractivity contribution in [2.45, 2.75) is 48.8 Å². The van der Waals surface area contributed by atoms with Gasteiger partial charge in [-0.05, 0) is 85.5 Å². The third kappa shape index (κ3) is 3.23. The highest BCUT2D eigenvalue weighted by molar-refractivity contribution is 7.92. The van der Waals surface area contributed by atoms with E-state index in [4.69, 9.17) is 0 Å². The van der Waals surface area contributed by atoms with E-state index in [1.165, 1.54) is 62.3 Å². The van der Waals surface area contributed by atoms with Gasteiger partial charge in [-0.3, -0.25) is 4.72 Å². The Morgan fingerprint density at radius 3 is 2.00 bits per heavy atom. The average molecular weight is 411 g/mol. The topological polar surface area (TPSA) is 86.3 Å². The lowest BCUT2D eigenvalue weighted by Gasteiger charge is -2.57. The molecule has 0 unspecified atom stereocenters. The summed E-state index contributed by atoms with van der Waals surface area (Å²) in [5.41, 5.74) is 1.30. The van der Waals surface area contributed by atoms with Gasteiger partial charge in [-0.1, -0.05) is 30.3 Å². The quantitative estimate of drug-likeness (QED) is 0.819. The summed E-state index contributed by atoms with van der Waals surface area (Å²) in [6.07, 6.45) is 7.78. The number of rotatable bonds is 5. The maximum atomic E-state index is 12.8. The van der Waals surface area contributed by atoms with Gasteiger partial charge in [0.25, 0.3) is 10.0 Å². The van der Waals surface area contributed by atoms with E-state index in [2.05, 4.69) is 4.72 Å². The van der Waals surface area contributed by atoms with Gasteiger partial charge in [0.2, 0.25) is 0 Å². The molecule has 6 heteroatoms. The van der Waals surface area contributed by atoms with Crippen LogP contribution in [0, 0.1) is 17.8 Å². The van der Waals surface area contributed by atoms with Gasteiger partial charge in [-0.2, -0.15) is 0 Å². The molecule has 0 atom stereocenters. The fourth-order valence-electron chi connectivity index (χ4n) is 6.41. The monoisotopic (exact) mass is 410 g/mol. The van der Waals surface area contributed by atoms with Crippen molar-refractivity contribution in [3.8, 4) is 0 Å². The van der Waals surface area contributed by atoms with Crippen molar-refractivity contribution in [1.29, 1.82) is 0 Å². The van der Waals surface area contributed by atoms with Crippen LogP contribution >= 0.6 is 0 Å². The molecule has 4 fully saturated rings. The first-order valence-electron chi connectivity index (χ1n) is 10.3. The van der Waals surface area contributed by atoms with E-state index >= 15 is 0 Å². The van der Waals surface area contributed by atoms with Crippen LogP contribution in [0.3, 0.4) is 0 Å². The second-order valence-electron chi connectivity index (χ2n) is 9.16. The molecule has 0 spiro atoms. The lowest BCUT2D eigenvalue weighted by molar-refractivity contribution is -0.254. The molecule has 4 aliphatic carbocycles. The highest BCUT2D eigenvalue weighted by Crippen LogP contribution is 2.60. The molecule has 6 rings (SSSR count). The SMILES string of the molecule is O=C([O-])c1ccccc1NS(=O)(=O)c1ccc(C23CC4CC(CC(C4)C2)C3)cc1. The number of aromatic carboxylic acids is 1. The van der Waals surface area contributed by atoms with Crippen LogP contribution in [0.4, 0.5) is 5.69 Å². The number of sulfonamides is 1. The Morgan fingerprint density at radius 1 is 0.897 bits per heavy atom. The minimum absolute atomic E-state index is 0.0117. The van der Waals surface area contributed by atoms with Crippen LogP contribution < -0.4 is 9.83 Å². The lowest BCUT2D eigenvalue weighted by Crippen LogP contribution is -2.48. The van der Waals surface area contributed by atoms with Crippen molar-refractivity contribution in [1.82, 2.24) is 0 Å². The molecule has 0 aromatic heterocycles. The number of benzene rings is 2. The summed E-state index contributed by atoms with van der Waals surface area (Å²) in [4.78, 5) is 11.4. The molecular weight excluding hydrogens is 386 g/mol. The fraction of sp³-hybridized carbons (Fsp3) is 0.435. The standard InChI is InChI=1S/C23H25NO4S/c25-22(26)20-3-1-2-4-21(20)24-29(27,28)19-7-5-18(6-8-19)23-12-15-9-16(13-23)11-17(10-15)14-23/h1-8,15-17,24H,9-14H2,(H,25,26)/p-1. The second-order valence-corrected chi connectivity index (χ2v) is 10.8. The van der Waals surface area contributed by atoms with E-state index in [0.29, 0.717) is 0 Å². The number of carboxylic acid groups (broad SMARTS) is 1. The summed E-state index contributed by atoms with van der Waals surface area (Å²) in [7, 11) is -3.88. The maximum absolute atomic E-state index is 12.8. The van der Waals surface area contributed by atoms with Crippen molar-refractivity contribution < 1.29 is 18.3 Å². The van der Waals surface area contributed by atoms with Crippen molar-refractivity contribution in [2.75, 3.05) is 4.72 Å². The third-order valence-corrected chi connectivity index (χ3v) is 8.59. The minimum Gasteiger partial charge on any atom is -0.545 e. The average Bonchev–Trinajstić information content (AvgIpc) is 2.67. The molecule has 4 aliphatic rings. The van der Waals surface area contributed by atoms with Gasteiger partial charge in [0.05, 0.1) is 16.6 Å². The van der Waals surface area contributed by atoms with Crippen LogP contribution in [0.1, 0.15) is 54.4 Å². The van der Waals surface area contributed by atoms with Gasteiger partial charge in [-0.25, -0.2) is 8.42 Å². The van der Waals surface area contributed by atoms with Gasteiger partial charge >= 0.3 is 0 Å². The molecule has 0 radical (unpaired) electrons. The zero-order valence-electron chi connectivity index (χ0n) is 16.1. The van der Waals surface area contributed by atoms with Crippen LogP contribution in [-0.4, -0.2) is 14.4 Å². The van der Waals surface area contributed by atoms with Crippen molar-refractivity contribution in [3.05, 3.63) is 59.7 Å². The molecule has 5 nitrogen and oxygen atoms in total. The van der Waals surface area contributed by atoms with Crippen molar-refractivity contribution >= 4 is 21.7 Å². The molecule has 1 N–H and O–H groups in total. The predicted molar refractivity (Wildman–Crippen MR) is 108 cm³/mol. The highest BCUT2D eigenvalue weighted by Gasteiger charge is 2.51. The molecule has 0 saturated heterocycles. The summed E-state index contributed by atoms with van der Waals surface area (Å²) in [5.74, 6) is 1.06. The Kier molecular flexibility index (Phi) is 4.24. The summed E-state index contributed by atoms with van der Waals surface area (Å²) < 4.78 is 28.0. The van der Waals surface area contributed by atoms with Gasteiger partial charge < -0.3 is 9.90 Å². The van der Waals surface area contributed by atoms with E-state index in [1.807, 2.05) is 12.1 Å². The van der Waals surface area contributed by atoms with Crippen molar-refractivity contribution in [2.24, 2.45) is 17.8 Å². The Balaban J connectivity index is 1.41. The number of hydrogen-bond donors (Lipinski definition) is 1. The van der Waals surface area contributed by atoms with E-state index in [1.54, 1.807) is 18.2 Å². The number of carbonyl (C=O) groups excluding carboxylic acids is 1. The first-order chi connectivity index (χ1) is 13.8. The molecule has 2 aromatic carbocycles.